The van der Waals surface area contributed by atoms with Crippen LogP contribution in [0.5, 0.6) is 0 Å². The van der Waals surface area contributed by atoms with E-state index in [1.54, 1.807) is 0 Å². The van der Waals surface area contributed by atoms with Crippen molar-refractivity contribution in [3.05, 3.63) is 35.4 Å². The highest BCUT2D eigenvalue weighted by molar-refractivity contribution is 5.07. The summed E-state index contributed by atoms with van der Waals surface area (Å²) in [7, 11) is 2.11. The molecule has 0 radical (unpaired) electrons. The maximum atomic E-state index is 5.44. The van der Waals surface area contributed by atoms with E-state index >= 15 is 0 Å². The lowest BCUT2D eigenvalue weighted by Gasteiger charge is -2.32. The van der Waals surface area contributed by atoms with Crippen molar-refractivity contribution in [2.75, 3.05) is 39.4 Å². The second-order valence-corrected chi connectivity index (χ2v) is 7.63. The number of rotatable bonds is 5. The average molecular weight is 371 g/mol. The summed E-state index contributed by atoms with van der Waals surface area (Å²) in [6, 6.07) is 0. The van der Waals surface area contributed by atoms with Crippen molar-refractivity contribution >= 4 is 0 Å². The lowest BCUT2D eigenvalue weighted by molar-refractivity contribution is 0.0326. The van der Waals surface area contributed by atoms with Crippen LogP contribution < -0.4 is 0 Å². The first-order valence-corrected chi connectivity index (χ1v) is 9.87. The fourth-order valence-electron chi connectivity index (χ4n) is 4.00. The Morgan fingerprint density at radius 3 is 2.59 bits per heavy atom. The normalized spacial score (nSPS) is 22.2. The summed E-state index contributed by atoms with van der Waals surface area (Å²) in [5, 5.41) is 9.06. The smallest absolute Gasteiger partial charge is 0.146 e. The van der Waals surface area contributed by atoms with Crippen molar-refractivity contribution in [1.82, 2.24) is 34.5 Å². The van der Waals surface area contributed by atoms with Gasteiger partial charge in [0.1, 0.15) is 17.5 Å². The molecule has 0 saturated carbocycles. The molecular weight excluding hydrogens is 342 g/mol. The summed E-state index contributed by atoms with van der Waals surface area (Å²) < 4.78 is 7.64. The highest BCUT2D eigenvalue weighted by atomic mass is 16.5. The van der Waals surface area contributed by atoms with E-state index in [1.807, 2.05) is 19.3 Å². The van der Waals surface area contributed by atoms with Crippen LogP contribution in [0.1, 0.15) is 41.8 Å². The average Bonchev–Trinajstić information content (AvgIpc) is 3.05. The Hall–Kier alpha value is -1.90. The summed E-state index contributed by atoms with van der Waals surface area (Å²) in [5.41, 5.74) is 1.17. The molecule has 2 fully saturated rings. The molecule has 27 heavy (non-hydrogen) atoms. The molecule has 4 heterocycles. The van der Waals surface area contributed by atoms with E-state index in [9.17, 15) is 0 Å². The zero-order valence-electron chi connectivity index (χ0n) is 16.3. The van der Waals surface area contributed by atoms with Crippen LogP contribution >= 0.6 is 0 Å². The molecule has 1 atom stereocenters. The lowest BCUT2D eigenvalue weighted by Crippen LogP contribution is -2.36. The quantitative estimate of drug-likeness (QED) is 0.780. The van der Waals surface area contributed by atoms with Crippen molar-refractivity contribution in [3.8, 4) is 0 Å². The molecule has 1 unspecified atom stereocenters. The maximum absolute atomic E-state index is 5.44. The van der Waals surface area contributed by atoms with Crippen LogP contribution in [0.2, 0.25) is 0 Å². The third-order valence-corrected chi connectivity index (χ3v) is 5.58. The van der Waals surface area contributed by atoms with E-state index in [2.05, 4.69) is 41.6 Å². The monoisotopic (exact) mass is 371 g/mol. The Balaban J connectivity index is 1.39. The number of nitrogens with zero attached hydrogens (tertiary/aromatic N) is 7. The van der Waals surface area contributed by atoms with E-state index in [0.717, 1.165) is 70.0 Å². The Kier molecular flexibility index (Phi) is 5.75. The van der Waals surface area contributed by atoms with Gasteiger partial charge in [-0.25, -0.2) is 9.97 Å². The molecule has 8 nitrogen and oxygen atoms in total. The van der Waals surface area contributed by atoms with Gasteiger partial charge >= 0.3 is 0 Å². The Labute approximate surface area is 160 Å². The third kappa shape index (κ3) is 4.51. The number of morpholine rings is 1. The number of hydrogen-bond acceptors (Lipinski definition) is 7. The van der Waals surface area contributed by atoms with E-state index in [1.165, 1.54) is 18.4 Å². The van der Waals surface area contributed by atoms with Gasteiger partial charge in [-0.05, 0) is 26.3 Å². The number of piperidine rings is 1. The second-order valence-electron chi connectivity index (χ2n) is 7.63. The predicted molar refractivity (Wildman–Crippen MR) is 101 cm³/mol. The Morgan fingerprint density at radius 1 is 1.04 bits per heavy atom. The first-order valence-electron chi connectivity index (χ1n) is 9.87. The van der Waals surface area contributed by atoms with E-state index in [4.69, 9.17) is 4.74 Å². The van der Waals surface area contributed by atoms with E-state index in [-0.39, 0.29) is 0 Å². The van der Waals surface area contributed by atoms with Crippen molar-refractivity contribution in [3.63, 3.8) is 0 Å². The number of ether oxygens (including phenoxy) is 1. The highest BCUT2D eigenvalue weighted by Crippen LogP contribution is 2.26. The molecule has 2 aromatic rings. The van der Waals surface area contributed by atoms with Crippen LogP contribution in [0.15, 0.2) is 12.4 Å². The van der Waals surface area contributed by atoms with E-state index in [0.29, 0.717) is 5.92 Å². The third-order valence-electron chi connectivity index (χ3n) is 5.58. The molecule has 8 heteroatoms. The molecule has 2 saturated heterocycles. The van der Waals surface area contributed by atoms with Gasteiger partial charge < -0.3 is 9.30 Å². The van der Waals surface area contributed by atoms with Crippen molar-refractivity contribution in [2.45, 2.75) is 38.8 Å². The fourth-order valence-corrected chi connectivity index (χ4v) is 4.00. The standard InChI is InChI=1S/C19H29N7O/c1-15-20-10-16(11-21-15)12-26-5-3-4-17(13-26)19-23-22-18(24(19)2)14-25-6-8-27-9-7-25/h10-11,17H,3-9,12-14H2,1-2H3. The molecule has 0 aliphatic carbocycles. The first kappa shape index (κ1) is 18.5. The first-order chi connectivity index (χ1) is 13.2. The summed E-state index contributed by atoms with van der Waals surface area (Å²) in [6.07, 6.45) is 6.23. The van der Waals surface area contributed by atoms with Gasteiger partial charge in [0.2, 0.25) is 0 Å². The van der Waals surface area contributed by atoms with Gasteiger partial charge in [0.05, 0.1) is 19.8 Å². The van der Waals surface area contributed by atoms with Crippen molar-refractivity contribution < 1.29 is 4.74 Å². The summed E-state index contributed by atoms with van der Waals surface area (Å²) >= 11 is 0. The number of aromatic nitrogens is 5. The molecule has 2 aliphatic rings. The van der Waals surface area contributed by atoms with Crippen LogP contribution in [0.25, 0.3) is 0 Å². The highest BCUT2D eigenvalue weighted by Gasteiger charge is 2.26. The zero-order chi connectivity index (χ0) is 18.6. The van der Waals surface area contributed by atoms with Crippen LogP contribution in [0.4, 0.5) is 0 Å². The molecule has 2 aromatic heterocycles. The number of hydrogen-bond donors (Lipinski definition) is 0. The van der Waals surface area contributed by atoms with Crippen molar-refractivity contribution in [1.29, 1.82) is 0 Å². The second kappa shape index (κ2) is 8.41. The molecule has 2 aliphatic heterocycles. The topological polar surface area (TPSA) is 72.2 Å². The molecule has 0 spiro atoms. The molecule has 4 rings (SSSR count). The van der Waals surface area contributed by atoms with Gasteiger partial charge in [-0.1, -0.05) is 0 Å². The minimum Gasteiger partial charge on any atom is -0.379 e. The molecule has 0 amide bonds. The van der Waals surface area contributed by atoms with Crippen LogP contribution in [-0.2, 0) is 24.9 Å². The van der Waals surface area contributed by atoms with Crippen molar-refractivity contribution in [2.24, 2.45) is 7.05 Å². The minimum absolute atomic E-state index is 0.432. The maximum Gasteiger partial charge on any atom is 0.146 e. The molecular formula is C19H29N7O. The van der Waals surface area contributed by atoms with Crippen LogP contribution in [0, 0.1) is 6.92 Å². The Bertz CT molecular complexity index is 739. The van der Waals surface area contributed by atoms with Crippen LogP contribution in [0.3, 0.4) is 0 Å². The predicted octanol–water partition coefficient (Wildman–Crippen LogP) is 1.13. The fraction of sp³-hybridized carbons (Fsp3) is 0.684. The molecule has 0 aromatic carbocycles. The van der Waals surface area contributed by atoms with Gasteiger partial charge in [-0.2, -0.15) is 0 Å². The Morgan fingerprint density at radius 2 is 1.81 bits per heavy atom. The summed E-state index contributed by atoms with van der Waals surface area (Å²) in [4.78, 5) is 13.5. The van der Waals surface area contributed by atoms with Gasteiger partial charge in [-0.3, -0.25) is 9.80 Å². The van der Waals surface area contributed by atoms with Gasteiger partial charge in [-0.15, -0.1) is 10.2 Å². The molecule has 146 valence electrons. The molecule has 0 bridgehead atoms. The summed E-state index contributed by atoms with van der Waals surface area (Å²) in [6.45, 7) is 9.36. The number of aryl methyl sites for hydroxylation is 1. The van der Waals surface area contributed by atoms with Gasteiger partial charge in [0.25, 0.3) is 0 Å². The minimum atomic E-state index is 0.432. The lowest BCUT2D eigenvalue weighted by atomic mass is 9.97. The largest absolute Gasteiger partial charge is 0.379 e. The zero-order valence-corrected chi connectivity index (χ0v) is 16.3. The number of likely N-dealkylation sites (tertiary alicyclic amines) is 1. The van der Waals surface area contributed by atoms with Gasteiger partial charge in [0, 0.05) is 57.1 Å². The molecule has 0 N–H and O–H groups in total. The van der Waals surface area contributed by atoms with Gasteiger partial charge in [0.15, 0.2) is 0 Å². The van der Waals surface area contributed by atoms with E-state index < -0.39 is 0 Å². The van der Waals surface area contributed by atoms with Crippen LogP contribution in [-0.4, -0.2) is 73.9 Å². The summed E-state index contributed by atoms with van der Waals surface area (Å²) in [5.74, 6) is 3.42. The SMILES string of the molecule is Cc1ncc(CN2CCCC(c3nnc(CN4CCOCC4)n3C)C2)cn1.